The molecule has 2 rings (SSSR count). The molecule has 0 aliphatic heterocycles. The Morgan fingerprint density at radius 1 is 1.06 bits per heavy atom. The third kappa shape index (κ3) is 3.02. The molecule has 0 radical (unpaired) electrons. The van der Waals surface area contributed by atoms with E-state index in [9.17, 15) is 9.50 Å². The molecule has 0 aromatic heterocycles. The summed E-state index contributed by atoms with van der Waals surface area (Å²) in [5.41, 5.74) is 1.41. The molecule has 94 valence electrons. The van der Waals surface area contributed by atoms with Crippen LogP contribution in [0.1, 0.15) is 17.2 Å². The Bertz CT molecular complexity index is 557. The molecule has 0 amide bonds. The topological polar surface area (TPSA) is 20.2 Å². The van der Waals surface area contributed by atoms with E-state index in [4.69, 9.17) is 23.2 Å². The van der Waals surface area contributed by atoms with Gasteiger partial charge in [0.1, 0.15) is 5.82 Å². The van der Waals surface area contributed by atoms with Crippen LogP contribution in [0.3, 0.4) is 0 Å². The molecule has 0 aliphatic rings. The Balaban J connectivity index is 2.19. The number of aliphatic hydroxyl groups is 1. The van der Waals surface area contributed by atoms with Gasteiger partial charge in [0.25, 0.3) is 0 Å². The minimum absolute atomic E-state index is 0.0545. The first-order valence-electron chi connectivity index (χ1n) is 5.44. The molecule has 0 bridgehead atoms. The molecule has 0 fully saturated rings. The van der Waals surface area contributed by atoms with Crippen LogP contribution < -0.4 is 0 Å². The third-order valence-corrected chi connectivity index (χ3v) is 3.31. The molecule has 4 heteroatoms. The summed E-state index contributed by atoms with van der Waals surface area (Å²) in [6.07, 6.45) is -0.399. The lowest BCUT2D eigenvalue weighted by molar-refractivity contribution is 0.178. The zero-order valence-electron chi connectivity index (χ0n) is 9.41. The second-order valence-electron chi connectivity index (χ2n) is 3.99. The van der Waals surface area contributed by atoms with E-state index in [1.54, 1.807) is 24.3 Å². The van der Waals surface area contributed by atoms with Gasteiger partial charge in [0.15, 0.2) is 0 Å². The number of hydrogen-bond donors (Lipinski definition) is 1. The number of aliphatic hydroxyl groups excluding tert-OH is 1. The minimum atomic E-state index is -0.736. The van der Waals surface area contributed by atoms with Crippen LogP contribution in [0.2, 0.25) is 10.0 Å². The molecule has 0 aliphatic carbocycles. The Kier molecular flexibility index (Phi) is 4.23. The van der Waals surface area contributed by atoms with Gasteiger partial charge in [0.2, 0.25) is 0 Å². The van der Waals surface area contributed by atoms with Crippen LogP contribution in [0.5, 0.6) is 0 Å². The van der Waals surface area contributed by atoms with Gasteiger partial charge in [-0.1, -0.05) is 47.5 Å². The SMILES string of the molecule is OC(Cc1ccc(F)c(Cl)c1)c1ccccc1Cl. The zero-order chi connectivity index (χ0) is 13.1. The normalized spacial score (nSPS) is 12.4. The van der Waals surface area contributed by atoms with E-state index in [-0.39, 0.29) is 5.02 Å². The number of rotatable bonds is 3. The molecule has 1 N–H and O–H groups in total. The van der Waals surface area contributed by atoms with Crippen molar-refractivity contribution in [3.05, 3.63) is 69.5 Å². The average molecular weight is 285 g/mol. The summed E-state index contributed by atoms with van der Waals surface area (Å²) in [5.74, 6) is -0.465. The molecule has 2 aromatic rings. The van der Waals surface area contributed by atoms with E-state index >= 15 is 0 Å². The first-order chi connectivity index (χ1) is 8.58. The van der Waals surface area contributed by atoms with Gasteiger partial charge in [0, 0.05) is 11.4 Å². The monoisotopic (exact) mass is 284 g/mol. The Morgan fingerprint density at radius 2 is 1.78 bits per heavy atom. The molecule has 0 saturated carbocycles. The van der Waals surface area contributed by atoms with Crippen LogP contribution in [-0.4, -0.2) is 5.11 Å². The van der Waals surface area contributed by atoms with E-state index in [0.717, 1.165) is 5.56 Å². The molecule has 0 spiro atoms. The summed E-state index contributed by atoms with van der Waals surface area (Å²) in [5, 5.41) is 10.7. The van der Waals surface area contributed by atoms with Gasteiger partial charge in [-0.15, -0.1) is 0 Å². The first kappa shape index (κ1) is 13.3. The van der Waals surface area contributed by atoms with Crippen molar-refractivity contribution in [2.24, 2.45) is 0 Å². The maximum atomic E-state index is 13.0. The van der Waals surface area contributed by atoms with Gasteiger partial charge in [-0.05, 0) is 29.3 Å². The lowest BCUT2D eigenvalue weighted by Gasteiger charge is -2.13. The molecule has 2 aromatic carbocycles. The fraction of sp³-hybridized carbons (Fsp3) is 0.143. The largest absolute Gasteiger partial charge is 0.388 e. The average Bonchev–Trinajstić information content (AvgIpc) is 2.34. The van der Waals surface area contributed by atoms with Crippen molar-refractivity contribution in [2.75, 3.05) is 0 Å². The van der Waals surface area contributed by atoms with Crippen LogP contribution in [0.15, 0.2) is 42.5 Å². The molecule has 18 heavy (non-hydrogen) atoms. The third-order valence-electron chi connectivity index (χ3n) is 2.68. The van der Waals surface area contributed by atoms with Crippen molar-refractivity contribution in [1.82, 2.24) is 0 Å². The van der Waals surface area contributed by atoms with Gasteiger partial charge >= 0.3 is 0 Å². The second kappa shape index (κ2) is 5.70. The summed E-state index contributed by atoms with van der Waals surface area (Å²) in [6, 6.07) is 11.5. The van der Waals surface area contributed by atoms with Crippen LogP contribution in [0.4, 0.5) is 4.39 Å². The summed E-state index contributed by atoms with van der Waals surface area (Å²) in [6.45, 7) is 0. The van der Waals surface area contributed by atoms with E-state index < -0.39 is 11.9 Å². The van der Waals surface area contributed by atoms with E-state index in [0.29, 0.717) is 17.0 Å². The lowest BCUT2D eigenvalue weighted by atomic mass is 10.0. The Morgan fingerprint density at radius 3 is 2.44 bits per heavy atom. The summed E-state index contributed by atoms with van der Waals surface area (Å²) in [7, 11) is 0. The smallest absolute Gasteiger partial charge is 0.141 e. The number of benzene rings is 2. The highest BCUT2D eigenvalue weighted by Gasteiger charge is 2.12. The van der Waals surface area contributed by atoms with Gasteiger partial charge in [-0.3, -0.25) is 0 Å². The predicted octanol–water partition coefficient (Wildman–Crippen LogP) is 4.41. The van der Waals surface area contributed by atoms with E-state index in [1.165, 1.54) is 12.1 Å². The van der Waals surface area contributed by atoms with Gasteiger partial charge in [-0.25, -0.2) is 4.39 Å². The molecule has 1 atom stereocenters. The minimum Gasteiger partial charge on any atom is -0.388 e. The maximum absolute atomic E-state index is 13.0. The van der Waals surface area contributed by atoms with Crippen molar-refractivity contribution >= 4 is 23.2 Å². The fourth-order valence-electron chi connectivity index (χ4n) is 1.75. The molecule has 0 saturated heterocycles. The van der Waals surface area contributed by atoms with Crippen molar-refractivity contribution in [1.29, 1.82) is 0 Å². The van der Waals surface area contributed by atoms with Gasteiger partial charge in [-0.2, -0.15) is 0 Å². The lowest BCUT2D eigenvalue weighted by Crippen LogP contribution is -2.02. The first-order valence-corrected chi connectivity index (χ1v) is 6.20. The molecule has 1 nitrogen and oxygen atoms in total. The second-order valence-corrected chi connectivity index (χ2v) is 4.80. The Hall–Kier alpha value is -1.09. The molecule has 1 unspecified atom stereocenters. The molecule has 0 heterocycles. The number of halogens is 3. The van der Waals surface area contributed by atoms with Crippen LogP contribution in [-0.2, 0) is 6.42 Å². The van der Waals surface area contributed by atoms with Gasteiger partial charge in [0.05, 0.1) is 11.1 Å². The summed E-state index contributed by atoms with van der Waals surface area (Å²) < 4.78 is 13.0. The molecular weight excluding hydrogens is 274 g/mol. The van der Waals surface area contributed by atoms with Crippen LogP contribution in [0.25, 0.3) is 0 Å². The molecular formula is C14H11Cl2FO. The van der Waals surface area contributed by atoms with Crippen molar-refractivity contribution < 1.29 is 9.50 Å². The standard InChI is InChI=1S/C14H11Cl2FO/c15-11-4-2-1-3-10(11)14(18)8-9-5-6-13(17)12(16)7-9/h1-7,14,18H,8H2. The fourth-order valence-corrected chi connectivity index (χ4v) is 2.21. The van der Waals surface area contributed by atoms with Gasteiger partial charge < -0.3 is 5.11 Å². The maximum Gasteiger partial charge on any atom is 0.141 e. The van der Waals surface area contributed by atoms with E-state index in [1.807, 2.05) is 6.07 Å². The summed E-state index contributed by atoms with van der Waals surface area (Å²) in [4.78, 5) is 0. The quantitative estimate of drug-likeness (QED) is 0.885. The highest BCUT2D eigenvalue weighted by Crippen LogP contribution is 2.26. The predicted molar refractivity (Wildman–Crippen MR) is 71.5 cm³/mol. The highest BCUT2D eigenvalue weighted by atomic mass is 35.5. The van der Waals surface area contributed by atoms with Crippen LogP contribution in [0, 0.1) is 5.82 Å². The highest BCUT2D eigenvalue weighted by molar-refractivity contribution is 6.31. The van der Waals surface area contributed by atoms with Crippen molar-refractivity contribution in [2.45, 2.75) is 12.5 Å². The summed E-state index contributed by atoms with van der Waals surface area (Å²) >= 11 is 11.7. The van der Waals surface area contributed by atoms with Crippen molar-refractivity contribution in [3.63, 3.8) is 0 Å². The van der Waals surface area contributed by atoms with Crippen molar-refractivity contribution in [3.8, 4) is 0 Å². The Labute approximate surface area is 115 Å². The number of hydrogen-bond acceptors (Lipinski definition) is 1. The zero-order valence-corrected chi connectivity index (χ0v) is 10.9. The van der Waals surface area contributed by atoms with Crippen LogP contribution >= 0.6 is 23.2 Å². The van der Waals surface area contributed by atoms with E-state index in [2.05, 4.69) is 0 Å².